The molecular formula is C25H29F4N7O. The molecule has 0 radical (unpaired) electrons. The molecule has 1 atom stereocenters. The van der Waals surface area contributed by atoms with Gasteiger partial charge in [0.1, 0.15) is 5.82 Å². The van der Waals surface area contributed by atoms with Gasteiger partial charge in [-0.25, -0.2) is 13.9 Å². The van der Waals surface area contributed by atoms with Crippen LogP contribution in [-0.4, -0.2) is 57.3 Å². The van der Waals surface area contributed by atoms with Crippen LogP contribution in [0.4, 0.5) is 28.0 Å². The standard InChI is InChI=1S/C25H29F4N7O/c1-35-23(32-33-34-35)19-13-20(25(27,28)29)15-22(14-19)31-24(37)30-9-3-11-36-10-2-4-18(16-36)12-17-5-7-21(26)8-6-17/h5-8,13-15,18H,2-4,9-12,16H2,1H3,(H2,30,31,37)/t18-/m0/s1. The summed E-state index contributed by atoms with van der Waals surface area (Å²) in [6.45, 7) is 3.10. The number of carbonyl (C=O) groups excluding carboxylic acids is 1. The van der Waals surface area contributed by atoms with E-state index in [1.54, 1.807) is 0 Å². The average molecular weight is 520 g/mol. The van der Waals surface area contributed by atoms with Crippen molar-refractivity contribution in [3.05, 3.63) is 59.4 Å². The fraction of sp³-hybridized carbons (Fsp3) is 0.440. The second-order valence-electron chi connectivity index (χ2n) is 9.30. The normalized spacial score (nSPS) is 16.5. The van der Waals surface area contributed by atoms with Crippen molar-refractivity contribution in [2.24, 2.45) is 13.0 Å². The Kier molecular flexibility index (Phi) is 8.37. The predicted molar refractivity (Wildman–Crippen MR) is 130 cm³/mol. The summed E-state index contributed by atoms with van der Waals surface area (Å²) < 4.78 is 54.6. The number of anilines is 1. The number of hydrogen-bond acceptors (Lipinski definition) is 5. The van der Waals surface area contributed by atoms with Crippen molar-refractivity contribution >= 4 is 11.7 Å². The van der Waals surface area contributed by atoms with Gasteiger partial charge in [-0.3, -0.25) is 0 Å². The minimum atomic E-state index is -4.60. The Morgan fingerprint density at radius 2 is 1.95 bits per heavy atom. The lowest BCUT2D eigenvalue weighted by Crippen LogP contribution is -2.38. The van der Waals surface area contributed by atoms with E-state index < -0.39 is 17.8 Å². The molecule has 0 unspecified atom stereocenters. The second kappa shape index (κ2) is 11.7. The zero-order valence-electron chi connectivity index (χ0n) is 20.4. The summed E-state index contributed by atoms with van der Waals surface area (Å²) in [6.07, 6.45) is -0.787. The molecule has 0 saturated carbocycles. The van der Waals surface area contributed by atoms with Crippen LogP contribution in [0.3, 0.4) is 0 Å². The number of likely N-dealkylation sites (tertiary alicyclic amines) is 1. The molecule has 37 heavy (non-hydrogen) atoms. The highest BCUT2D eigenvalue weighted by molar-refractivity contribution is 5.90. The van der Waals surface area contributed by atoms with E-state index in [4.69, 9.17) is 0 Å². The largest absolute Gasteiger partial charge is 0.416 e. The van der Waals surface area contributed by atoms with Crippen molar-refractivity contribution in [3.63, 3.8) is 0 Å². The van der Waals surface area contributed by atoms with Crippen molar-refractivity contribution in [1.82, 2.24) is 30.4 Å². The molecular weight excluding hydrogens is 490 g/mol. The average Bonchev–Trinajstić information content (AvgIpc) is 3.29. The lowest BCUT2D eigenvalue weighted by atomic mass is 9.91. The lowest BCUT2D eigenvalue weighted by Gasteiger charge is -2.32. The first-order chi connectivity index (χ1) is 17.7. The highest BCUT2D eigenvalue weighted by Gasteiger charge is 2.32. The molecule has 198 valence electrons. The van der Waals surface area contributed by atoms with Crippen molar-refractivity contribution < 1.29 is 22.4 Å². The molecule has 0 aliphatic carbocycles. The van der Waals surface area contributed by atoms with Crippen LogP contribution < -0.4 is 10.6 Å². The first-order valence-electron chi connectivity index (χ1n) is 12.1. The first kappa shape index (κ1) is 26.5. The summed E-state index contributed by atoms with van der Waals surface area (Å²) in [6, 6.07) is 9.25. The van der Waals surface area contributed by atoms with E-state index in [0.29, 0.717) is 18.9 Å². The van der Waals surface area contributed by atoms with Crippen LogP contribution >= 0.6 is 0 Å². The minimum Gasteiger partial charge on any atom is -0.338 e. The quantitative estimate of drug-likeness (QED) is 0.338. The molecule has 1 aliphatic rings. The maximum Gasteiger partial charge on any atom is 0.416 e. The molecule has 2 amide bonds. The minimum absolute atomic E-state index is 0.00927. The molecule has 3 aromatic rings. The van der Waals surface area contributed by atoms with E-state index in [9.17, 15) is 22.4 Å². The third-order valence-electron chi connectivity index (χ3n) is 6.37. The third kappa shape index (κ3) is 7.48. The number of benzene rings is 2. The fourth-order valence-corrected chi connectivity index (χ4v) is 4.62. The SMILES string of the molecule is Cn1nnnc1-c1cc(NC(=O)NCCCN2CCC[C@@H](Cc3ccc(F)cc3)C2)cc(C(F)(F)F)c1. The fourth-order valence-electron chi connectivity index (χ4n) is 4.62. The summed E-state index contributed by atoms with van der Waals surface area (Å²) in [5.74, 6) is 0.408. The van der Waals surface area contributed by atoms with Crippen LogP contribution in [0.2, 0.25) is 0 Å². The molecule has 4 rings (SSSR count). The number of rotatable bonds is 8. The molecule has 2 heterocycles. The van der Waals surface area contributed by atoms with Gasteiger partial charge in [-0.05, 0) is 91.0 Å². The summed E-state index contributed by atoms with van der Waals surface area (Å²) in [5, 5.41) is 16.1. The maximum absolute atomic E-state index is 13.4. The molecule has 2 N–H and O–H groups in total. The number of tetrazole rings is 1. The van der Waals surface area contributed by atoms with Crippen LogP contribution in [0.5, 0.6) is 0 Å². The van der Waals surface area contributed by atoms with Gasteiger partial charge in [-0.15, -0.1) is 5.10 Å². The maximum atomic E-state index is 13.4. The van der Waals surface area contributed by atoms with Crippen LogP contribution in [-0.2, 0) is 19.6 Å². The van der Waals surface area contributed by atoms with Crippen molar-refractivity contribution in [2.45, 2.75) is 31.9 Å². The van der Waals surface area contributed by atoms with Crippen LogP contribution in [0.25, 0.3) is 11.4 Å². The Morgan fingerprint density at radius 3 is 2.65 bits per heavy atom. The van der Waals surface area contributed by atoms with Crippen LogP contribution in [0.15, 0.2) is 42.5 Å². The van der Waals surface area contributed by atoms with Gasteiger partial charge in [0.25, 0.3) is 0 Å². The van der Waals surface area contributed by atoms with Gasteiger partial charge in [0.2, 0.25) is 0 Å². The van der Waals surface area contributed by atoms with Gasteiger partial charge >= 0.3 is 12.2 Å². The predicted octanol–water partition coefficient (Wildman–Crippen LogP) is 4.50. The number of nitrogens with one attached hydrogen (secondary N) is 2. The highest BCUT2D eigenvalue weighted by Crippen LogP contribution is 2.34. The number of carbonyl (C=O) groups is 1. The molecule has 12 heteroatoms. The number of nitrogens with zero attached hydrogens (tertiary/aromatic N) is 5. The van der Waals surface area contributed by atoms with Gasteiger partial charge < -0.3 is 15.5 Å². The van der Waals surface area contributed by atoms with Crippen molar-refractivity contribution in [2.75, 3.05) is 31.5 Å². The Balaban J connectivity index is 1.26. The van der Waals surface area contributed by atoms with Gasteiger partial charge in [0.05, 0.1) is 5.56 Å². The zero-order chi connectivity index (χ0) is 26.4. The summed E-state index contributed by atoms with van der Waals surface area (Å²) >= 11 is 0. The molecule has 1 aromatic heterocycles. The zero-order valence-corrected chi connectivity index (χ0v) is 20.4. The van der Waals surface area contributed by atoms with E-state index in [2.05, 4.69) is 31.1 Å². The summed E-state index contributed by atoms with van der Waals surface area (Å²) in [5.41, 5.74) is 0.339. The van der Waals surface area contributed by atoms with Gasteiger partial charge in [0, 0.05) is 31.4 Å². The van der Waals surface area contributed by atoms with Crippen molar-refractivity contribution in [1.29, 1.82) is 0 Å². The lowest BCUT2D eigenvalue weighted by molar-refractivity contribution is -0.137. The molecule has 2 aromatic carbocycles. The Hall–Kier alpha value is -3.54. The molecule has 0 bridgehead atoms. The summed E-state index contributed by atoms with van der Waals surface area (Å²) in [4.78, 5) is 14.7. The Morgan fingerprint density at radius 1 is 1.16 bits per heavy atom. The third-order valence-corrected chi connectivity index (χ3v) is 6.37. The molecule has 8 nitrogen and oxygen atoms in total. The summed E-state index contributed by atoms with van der Waals surface area (Å²) in [7, 11) is 1.52. The number of piperidine rings is 1. The number of hydrogen-bond donors (Lipinski definition) is 2. The molecule has 1 aliphatic heterocycles. The van der Waals surface area contributed by atoms with Crippen LogP contribution in [0.1, 0.15) is 30.4 Å². The number of amides is 2. The molecule has 1 fully saturated rings. The molecule has 0 spiro atoms. The van der Waals surface area contributed by atoms with E-state index in [-0.39, 0.29) is 22.9 Å². The smallest absolute Gasteiger partial charge is 0.338 e. The van der Waals surface area contributed by atoms with Crippen molar-refractivity contribution in [3.8, 4) is 11.4 Å². The van der Waals surface area contributed by atoms with E-state index in [0.717, 1.165) is 56.6 Å². The van der Waals surface area contributed by atoms with Gasteiger partial charge in [0.15, 0.2) is 5.82 Å². The monoisotopic (exact) mass is 519 g/mol. The number of aryl methyl sites for hydroxylation is 1. The molecule has 1 saturated heterocycles. The topological polar surface area (TPSA) is 88.0 Å². The number of alkyl halides is 3. The Bertz CT molecular complexity index is 1200. The first-order valence-corrected chi connectivity index (χ1v) is 12.1. The van der Waals surface area contributed by atoms with Gasteiger partial charge in [-0.2, -0.15) is 13.2 Å². The van der Waals surface area contributed by atoms with E-state index in [1.165, 1.54) is 29.9 Å². The highest BCUT2D eigenvalue weighted by atomic mass is 19.4. The van der Waals surface area contributed by atoms with E-state index in [1.807, 2.05) is 12.1 Å². The number of aromatic nitrogens is 4. The second-order valence-corrected chi connectivity index (χ2v) is 9.30. The van der Waals surface area contributed by atoms with Crippen LogP contribution in [0, 0.1) is 11.7 Å². The van der Waals surface area contributed by atoms with E-state index >= 15 is 0 Å². The Labute approximate surface area is 212 Å². The number of urea groups is 1. The number of halogens is 4. The van der Waals surface area contributed by atoms with Gasteiger partial charge in [-0.1, -0.05) is 12.1 Å².